The SMILES string of the molecule is CC[C@H](C(=O)NC(C)(C)C)N(CCc1ccccc1)C(=O)CN(c1cc(Cl)ccc1OC)S(C)(=O)=O. The lowest BCUT2D eigenvalue weighted by Crippen LogP contribution is -2.56. The zero-order valence-electron chi connectivity index (χ0n) is 21.7. The van der Waals surface area contributed by atoms with Crippen LogP contribution in [0.2, 0.25) is 5.02 Å². The highest BCUT2D eigenvalue weighted by atomic mass is 35.5. The highest BCUT2D eigenvalue weighted by Crippen LogP contribution is 2.33. The van der Waals surface area contributed by atoms with Crippen molar-refractivity contribution in [3.63, 3.8) is 0 Å². The van der Waals surface area contributed by atoms with E-state index in [1.165, 1.54) is 18.1 Å². The normalized spacial score (nSPS) is 12.5. The minimum Gasteiger partial charge on any atom is -0.495 e. The van der Waals surface area contributed by atoms with Crippen molar-refractivity contribution in [1.82, 2.24) is 10.2 Å². The van der Waals surface area contributed by atoms with Crippen LogP contribution < -0.4 is 14.4 Å². The number of methoxy groups -OCH3 is 1. The van der Waals surface area contributed by atoms with E-state index in [1.54, 1.807) is 12.1 Å². The minimum absolute atomic E-state index is 0.149. The van der Waals surface area contributed by atoms with Gasteiger partial charge in [0.1, 0.15) is 18.3 Å². The summed E-state index contributed by atoms with van der Waals surface area (Å²) in [6.45, 7) is 7.15. The number of amides is 2. The van der Waals surface area contributed by atoms with Gasteiger partial charge in [0, 0.05) is 17.1 Å². The molecule has 0 unspecified atom stereocenters. The number of benzene rings is 2. The molecule has 10 heteroatoms. The van der Waals surface area contributed by atoms with Crippen molar-refractivity contribution < 1.29 is 22.7 Å². The molecular formula is C26H36ClN3O5S. The fourth-order valence-electron chi connectivity index (χ4n) is 3.80. The molecule has 0 saturated carbocycles. The molecule has 0 radical (unpaired) electrons. The van der Waals surface area contributed by atoms with Crippen molar-refractivity contribution in [1.29, 1.82) is 0 Å². The van der Waals surface area contributed by atoms with Gasteiger partial charge in [-0.2, -0.15) is 0 Å². The zero-order valence-corrected chi connectivity index (χ0v) is 23.3. The Morgan fingerprint density at radius 2 is 1.75 bits per heavy atom. The van der Waals surface area contributed by atoms with Gasteiger partial charge >= 0.3 is 0 Å². The van der Waals surface area contributed by atoms with E-state index in [2.05, 4.69) is 5.32 Å². The predicted molar refractivity (Wildman–Crippen MR) is 144 cm³/mol. The van der Waals surface area contributed by atoms with E-state index in [9.17, 15) is 18.0 Å². The van der Waals surface area contributed by atoms with Crippen molar-refractivity contribution in [3.05, 3.63) is 59.1 Å². The predicted octanol–water partition coefficient (Wildman–Crippen LogP) is 3.88. The first-order valence-corrected chi connectivity index (χ1v) is 14.0. The van der Waals surface area contributed by atoms with Gasteiger partial charge in [-0.05, 0) is 57.4 Å². The van der Waals surface area contributed by atoms with Gasteiger partial charge in [0.05, 0.1) is 19.1 Å². The molecule has 0 spiro atoms. The number of anilines is 1. The third kappa shape index (κ3) is 8.41. The first-order valence-electron chi connectivity index (χ1n) is 11.7. The van der Waals surface area contributed by atoms with Crippen molar-refractivity contribution >= 4 is 39.1 Å². The fraction of sp³-hybridized carbons (Fsp3) is 0.462. The first-order chi connectivity index (χ1) is 16.8. The van der Waals surface area contributed by atoms with E-state index < -0.39 is 34.1 Å². The maximum atomic E-state index is 13.7. The molecule has 198 valence electrons. The van der Waals surface area contributed by atoms with E-state index in [4.69, 9.17) is 16.3 Å². The quantitative estimate of drug-likeness (QED) is 0.469. The van der Waals surface area contributed by atoms with E-state index in [0.29, 0.717) is 17.9 Å². The standard InChI is InChI=1S/C26H36ClN3O5S/c1-7-21(25(32)28-26(2,3)4)29(16-15-19-11-9-8-10-12-19)24(31)18-30(36(6,33)34)22-17-20(27)13-14-23(22)35-5/h8-14,17,21H,7,15-16,18H2,1-6H3,(H,28,32)/t21-/m1/s1. The summed E-state index contributed by atoms with van der Waals surface area (Å²) in [5.74, 6) is -0.544. The van der Waals surface area contributed by atoms with E-state index in [0.717, 1.165) is 16.1 Å². The Hall–Kier alpha value is -2.78. The van der Waals surface area contributed by atoms with Gasteiger partial charge in [-0.25, -0.2) is 8.42 Å². The molecule has 2 aromatic rings. The summed E-state index contributed by atoms with van der Waals surface area (Å²) in [4.78, 5) is 28.3. The summed E-state index contributed by atoms with van der Waals surface area (Å²) >= 11 is 6.14. The van der Waals surface area contributed by atoms with E-state index in [1.807, 2.05) is 58.0 Å². The molecule has 1 N–H and O–H groups in total. The second-order valence-corrected chi connectivity index (χ2v) is 11.9. The van der Waals surface area contributed by atoms with Gasteiger partial charge in [-0.1, -0.05) is 48.9 Å². The van der Waals surface area contributed by atoms with Crippen LogP contribution in [-0.2, 0) is 26.0 Å². The van der Waals surface area contributed by atoms with Crippen LogP contribution >= 0.6 is 11.6 Å². The summed E-state index contributed by atoms with van der Waals surface area (Å²) in [7, 11) is -2.49. The maximum absolute atomic E-state index is 13.7. The molecular weight excluding hydrogens is 502 g/mol. The maximum Gasteiger partial charge on any atom is 0.244 e. The van der Waals surface area contributed by atoms with Gasteiger partial charge in [0.2, 0.25) is 21.8 Å². The highest BCUT2D eigenvalue weighted by molar-refractivity contribution is 7.92. The van der Waals surface area contributed by atoms with E-state index >= 15 is 0 Å². The van der Waals surface area contributed by atoms with Crippen LogP contribution in [0.3, 0.4) is 0 Å². The van der Waals surface area contributed by atoms with Gasteiger partial charge in [0.25, 0.3) is 0 Å². The summed E-state index contributed by atoms with van der Waals surface area (Å²) in [6, 6.07) is 13.4. The molecule has 36 heavy (non-hydrogen) atoms. The van der Waals surface area contributed by atoms with Crippen molar-refractivity contribution in [2.24, 2.45) is 0 Å². The smallest absolute Gasteiger partial charge is 0.244 e. The Labute approximate surface area is 219 Å². The lowest BCUT2D eigenvalue weighted by atomic mass is 10.1. The van der Waals surface area contributed by atoms with Gasteiger partial charge in [-0.15, -0.1) is 0 Å². The summed E-state index contributed by atoms with van der Waals surface area (Å²) in [6.07, 6.45) is 1.88. The molecule has 2 aromatic carbocycles. The number of carbonyl (C=O) groups is 2. The molecule has 0 aliphatic rings. The number of carbonyl (C=O) groups excluding carboxylic acids is 2. The third-order valence-electron chi connectivity index (χ3n) is 5.46. The molecule has 0 aliphatic heterocycles. The van der Waals surface area contributed by atoms with Crippen molar-refractivity contribution in [2.45, 2.75) is 52.1 Å². The molecule has 1 atom stereocenters. The molecule has 0 bridgehead atoms. The number of halogens is 1. The average molecular weight is 538 g/mol. The first kappa shape index (κ1) is 29.5. The number of hydrogen-bond acceptors (Lipinski definition) is 5. The Morgan fingerprint density at radius 3 is 2.28 bits per heavy atom. The van der Waals surface area contributed by atoms with Gasteiger partial charge < -0.3 is 15.0 Å². The highest BCUT2D eigenvalue weighted by Gasteiger charge is 2.33. The number of rotatable bonds is 11. The lowest BCUT2D eigenvalue weighted by molar-refractivity contribution is -0.140. The third-order valence-corrected chi connectivity index (χ3v) is 6.82. The number of hydrogen-bond donors (Lipinski definition) is 1. The van der Waals surface area contributed by atoms with E-state index in [-0.39, 0.29) is 23.9 Å². The lowest BCUT2D eigenvalue weighted by Gasteiger charge is -2.34. The second kappa shape index (κ2) is 12.5. The fourth-order valence-corrected chi connectivity index (χ4v) is 4.81. The Balaban J connectivity index is 2.45. The molecule has 0 heterocycles. The molecule has 0 aliphatic carbocycles. The van der Waals surface area contributed by atoms with Gasteiger partial charge in [0.15, 0.2) is 0 Å². The molecule has 2 amide bonds. The van der Waals surface area contributed by atoms with Crippen LogP contribution in [0.15, 0.2) is 48.5 Å². The molecule has 0 saturated heterocycles. The summed E-state index contributed by atoms with van der Waals surface area (Å²) < 4.78 is 31.9. The van der Waals surface area contributed by atoms with Crippen LogP contribution in [0, 0.1) is 0 Å². The van der Waals surface area contributed by atoms with Crippen molar-refractivity contribution in [2.75, 3.05) is 30.8 Å². The number of sulfonamides is 1. The average Bonchev–Trinajstić information content (AvgIpc) is 2.78. The number of nitrogens with one attached hydrogen (secondary N) is 1. The molecule has 2 rings (SSSR count). The topological polar surface area (TPSA) is 96.0 Å². The van der Waals surface area contributed by atoms with Crippen LogP contribution in [-0.4, -0.2) is 63.2 Å². The van der Waals surface area contributed by atoms with Crippen molar-refractivity contribution in [3.8, 4) is 5.75 Å². The van der Waals surface area contributed by atoms with Crippen LogP contribution in [0.1, 0.15) is 39.7 Å². The van der Waals surface area contributed by atoms with Gasteiger partial charge in [-0.3, -0.25) is 13.9 Å². The summed E-state index contributed by atoms with van der Waals surface area (Å²) in [5, 5.41) is 3.24. The second-order valence-electron chi connectivity index (χ2n) is 9.57. The monoisotopic (exact) mass is 537 g/mol. The Morgan fingerprint density at radius 1 is 1.11 bits per heavy atom. The van der Waals surface area contributed by atoms with Crippen LogP contribution in [0.4, 0.5) is 5.69 Å². The molecule has 0 aromatic heterocycles. The molecule has 8 nitrogen and oxygen atoms in total. The summed E-state index contributed by atoms with van der Waals surface area (Å²) in [5.41, 5.74) is 0.653. The number of ether oxygens (including phenoxy) is 1. The Kier molecular flexibility index (Phi) is 10.2. The Bertz CT molecular complexity index is 1150. The zero-order chi connectivity index (χ0) is 27.1. The minimum atomic E-state index is -3.90. The van der Waals surface area contributed by atoms with Crippen LogP contribution in [0.5, 0.6) is 5.75 Å². The molecule has 0 fully saturated rings. The largest absolute Gasteiger partial charge is 0.495 e. The van der Waals surface area contributed by atoms with Crippen LogP contribution in [0.25, 0.3) is 0 Å². The number of nitrogens with zero attached hydrogens (tertiary/aromatic N) is 2.